The molecule has 35 heavy (non-hydrogen) atoms. The van der Waals surface area contributed by atoms with Crippen LogP contribution < -0.4 is 11.1 Å². The fourth-order valence-electron chi connectivity index (χ4n) is 2.52. The zero-order valence-electron chi connectivity index (χ0n) is 17.9. The highest BCUT2D eigenvalue weighted by Gasteiger charge is 2.38. The first kappa shape index (κ1) is 27.3. The van der Waals surface area contributed by atoms with Gasteiger partial charge in [-0.05, 0) is 31.2 Å². The first-order chi connectivity index (χ1) is 16.0. The van der Waals surface area contributed by atoms with Crippen LogP contribution in [0.15, 0.2) is 24.3 Å². The number of nitrogens with one attached hydrogen (secondary N) is 2. The fraction of sp³-hybridized carbons (Fsp3) is 0.250. The number of phenols is 1. The fourth-order valence-corrected chi connectivity index (χ4v) is 2.52. The van der Waals surface area contributed by atoms with Gasteiger partial charge in [-0.2, -0.15) is 31.4 Å². The van der Waals surface area contributed by atoms with E-state index in [0.29, 0.717) is 6.07 Å². The van der Waals surface area contributed by atoms with Crippen molar-refractivity contribution >= 4 is 17.4 Å². The Balaban J connectivity index is 0.000000641. The lowest BCUT2D eigenvalue weighted by Crippen LogP contribution is -2.17. The number of hydrogen-bond acceptors (Lipinski definition) is 5. The van der Waals surface area contributed by atoms with Gasteiger partial charge in [-0.25, -0.2) is 13.8 Å². The number of nitrogens with two attached hydrogens (primary N) is 1. The summed E-state index contributed by atoms with van der Waals surface area (Å²) in [5.74, 6) is -4.30. The minimum atomic E-state index is -4.85. The van der Waals surface area contributed by atoms with Gasteiger partial charge in [-0.15, -0.1) is 0 Å². The van der Waals surface area contributed by atoms with Crippen molar-refractivity contribution in [3.63, 3.8) is 0 Å². The Morgan fingerprint density at radius 1 is 1.11 bits per heavy atom. The second kappa shape index (κ2) is 10.1. The van der Waals surface area contributed by atoms with Gasteiger partial charge in [0.15, 0.2) is 17.3 Å². The predicted molar refractivity (Wildman–Crippen MR) is 108 cm³/mol. The molecule has 2 heterocycles. The maximum absolute atomic E-state index is 14.5. The molecule has 15 heteroatoms. The third-order valence-electron chi connectivity index (χ3n) is 4.33. The molecule has 3 rings (SSSR count). The van der Waals surface area contributed by atoms with Crippen molar-refractivity contribution in [1.82, 2.24) is 15.2 Å². The molecule has 7 nitrogen and oxygen atoms in total. The average molecular weight is 511 g/mol. The van der Waals surface area contributed by atoms with Crippen LogP contribution in [-0.4, -0.2) is 32.4 Å². The minimum Gasteiger partial charge on any atom is -0.507 e. The van der Waals surface area contributed by atoms with E-state index in [0.717, 1.165) is 25.1 Å². The van der Waals surface area contributed by atoms with E-state index >= 15 is 0 Å². The molecule has 0 radical (unpaired) electrons. The van der Waals surface area contributed by atoms with Crippen LogP contribution >= 0.6 is 0 Å². The third-order valence-corrected chi connectivity index (χ3v) is 4.33. The second-order valence-corrected chi connectivity index (χ2v) is 6.91. The molecular weight excluding hydrogens is 494 g/mol. The summed E-state index contributed by atoms with van der Waals surface area (Å²) >= 11 is 0. The number of halogens is 8. The van der Waals surface area contributed by atoms with Crippen molar-refractivity contribution in [2.75, 3.05) is 11.1 Å². The second-order valence-electron chi connectivity index (χ2n) is 6.91. The smallest absolute Gasteiger partial charge is 0.437 e. The highest BCUT2D eigenvalue weighted by atomic mass is 19.4. The van der Waals surface area contributed by atoms with E-state index < -0.39 is 64.8 Å². The summed E-state index contributed by atoms with van der Waals surface area (Å²) < 4.78 is 99.0. The number of carbonyl (C=O) groups is 1. The number of anilines is 2. The molecule has 0 fully saturated rings. The molecular formula is C20H17F8N5O2. The summed E-state index contributed by atoms with van der Waals surface area (Å²) in [6.45, 7) is 2.33. The van der Waals surface area contributed by atoms with Crippen LogP contribution in [0.4, 0.5) is 46.6 Å². The molecule has 0 saturated heterocycles. The lowest BCUT2D eigenvalue weighted by molar-refractivity contribution is -0.140. The number of H-pyrrole nitrogens is 1. The number of phenolic OH excluding ortho intramolecular Hbond substituents is 1. The summed E-state index contributed by atoms with van der Waals surface area (Å²) in [5.41, 5.74) is 2.18. The molecule has 0 bridgehead atoms. The Hall–Kier alpha value is -3.91. The number of aryl methyl sites for hydroxylation is 1. The van der Waals surface area contributed by atoms with Crippen molar-refractivity contribution in [1.29, 1.82) is 0 Å². The number of nitrogens with zero attached hydrogens (tertiary/aromatic N) is 2. The van der Waals surface area contributed by atoms with Crippen LogP contribution in [0.5, 0.6) is 5.75 Å². The standard InChI is InChI=1S/C17H12F5N5O2.C3H5F3/c1-6-13(14(27-26-6)17(20,21)22)25-16(29)8-4-10(19)7(5-12(8)28)11-3-2-9(18)15(23)24-11;1-2-3(4,5)6/h2-5,28H,1H3,(H2,23,24)(H,25,29)(H,26,27);2H2,1H3. The topological polar surface area (TPSA) is 117 Å². The number of benzene rings is 1. The van der Waals surface area contributed by atoms with Crippen molar-refractivity contribution in [2.24, 2.45) is 0 Å². The molecule has 3 aromatic rings. The maximum atomic E-state index is 14.5. The number of pyridine rings is 1. The number of nitrogen functional groups attached to an aromatic ring is 1. The first-order valence-corrected chi connectivity index (χ1v) is 9.50. The Morgan fingerprint density at radius 3 is 2.23 bits per heavy atom. The van der Waals surface area contributed by atoms with Crippen LogP contribution in [-0.2, 0) is 6.18 Å². The van der Waals surface area contributed by atoms with Gasteiger partial charge in [0, 0.05) is 12.0 Å². The Labute approximate surface area is 192 Å². The lowest BCUT2D eigenvalue weighted by atomic mass is 10.1. The molecule has 0 aliphatic carbocycles. The number of amides is 1. The number of aromatic nitrogens is 3. The van der Waals surface area contributed by atoms with Crippen LogP contribution in [0.1, 0.15) is 35.1 Å². The Kier molecular flexibility index (Phi) is 7.93. The molecule has 0 unspecified atom stereocenters. The van der Waals surface area contributed by atoms with Crippen molar-refractivity contribution in [3.05, 3.63) is 52.9 Å². The highest BCUT2D eigenvalue weighted by Crippen LogP contribution is 2.36. The monoisotopic (exact) mass is 511 g/mol. The van der Waals surface area contributed by atoms with E-state index in [2.05, 4.69) is 15.2 Å². The lowest BCUT2D eigenvalue weighted by Gasteiger charge is -2.11. The van der Waals surface area contributed by atoms with Crippen LogP contribution in [0, 0.1) is 18.6 Å². The summed E-state index contributed by atoms with van der Waals surface area (Å²) in [6, 6.07) is 3.49. The van der Waals surface area contributed by atoms with Crippen LogP contribution in [0.3, 0.4) is 0 Å². The predicted octanol–water partition coefficient (Wildman–Crippen LogP) is 5.58. The summed E-state index contributed by atoms with van der Waals surface area (Å²) in [7, 11) is 0. The largest absolute Gasteiger partial charge is 0.507 e. The van der Waals surface area contributed by atoms with Crippen molar-refractivity contribution < 1.29 is 45.0 Å². The van der Waals surface area contributed by atoms with E-state index in [1.54, 1.807) is 0 Å². The van der Waals surface area contributed by atoms with Crippen molar-refractivity contribution in [3.8, 4) is 17.0 Å². The Morgan fingerprint density at radius 2 is 1.71 bits per heavy atom. The molecule has 0 atom stereocenters. The zero-order valence-corrected chi connectivity index (χ0v) is 17.9. The van der Waals surface area contributed by atoms with E-state index in [4.69, 9.17) is 5.73 Å². The SMILES string of the molecule is CCC(F)(F)F.Cc1[nH]nc(C(F)(F)F)c1NC(=O)c1cc(F)c(-c2ccc(F)c(N)n2)cc1O. The average Bonchev–Trinajstić information content (AvgIpc) is 3.12. The number of carbonyl (C=O) groups excluding carboxylic acids is 1. The number of aromatic amines is 1. The summed E-state index contributed by atoms with van der Waals surface area (Å²) in [5, 5.41) is 17.2. The minimum absolute atomic E-state index is 0.0896. The molecule has 0 aliphatic heterocycles. The number of aromatic hydroxyl groups is 1. The maximum Gasteiger partial charge on any atom is 0.437 e. The molecule has 0 aliphatic rings. The van der Waals surface area contributed by atoms with E-state index in [-0.39, 0.29) is 17.0 Å². The molecule has 1 aromatic carbocycles. The molecule has 0 spiro atoms. The number of hydrogen-bond donors (Lipinski definition) is 4. The zero-order chi connectivity index (χ0) is 26.7. The van der Waals surface area contributed by atoms with Gasteiger partial charge >= 0.3 is 12.4 Å². The van der Waals surface area contributed by atoms with Gasteiger partial charge < -0.3 is 16.2 Å². The molecule has 1 amide bonds. The Bertz CT molecular complexity index is 1220. The van der Waals surface area contributed by atoms with Crippen molar-refractivity contribution in [2.45, 2.75) is 32.6 Å². The van der Waals surface area contributed by atoms with Gasteiger partial charge in [0.1, 0.15) is 11.6 Å². The third kappa shape index (κ3) is 6.80. The van der Waals surface area contributed by atoms with E-state index in [1.165, 1.54) is 6.92 Å². The van der Waals surface area contributed by atoms with Gasteiger partial charge in [-0.1, -0.05) is 6.92 Å². The highest BCUT2D eigenvalue weighted by molar-refractivity contribution is 6.07. The first-order valence-electron chi connectivity index (χ1n) is 9.50. The van der Waals surface area contributed by atoms with E-state index in [1.807, 2.05) is 5.32 Å². The van der Waals surface area contributed by atoms with Gasteiger partial charge in [-0.3, -0.25) is 9.89 Å². The molecule has 2 aromatic heterocycles. The van der Waals surface area contributed by atoms with Gasteiger partial charge in [0.25, 0.3) is 5.91 Å². The molecule has 0 saturated carbocycles. The summed E-state index contributed by atoms with van der Waals surface area (Å²) in [4.78, 5) is 16.0. The summed E-state index contributed by atoms with van der Waals surface area (Å²) in [6.07, 6.45) is -9.54. The molecule has 5 N–H and O–H groups in total. The van der Waals surface area contributed by atoms with Crippen LogP contribution in [0.25, 0.3) is 11.3 Å². The van der Waals surface area contributed by atoms with Gasteiger partial charge in [0.05, 0.1) is 22.6 Å². The molecule has 190 valence electrons. The van der Waals surface area contributed by atoms with Crippen LogP contribution in [0.2, 0.25) is 0 Å². The quantitative estimate of drug-likeness (QED) is 0.343. The normalized spacial score (nSPS) is 11.6. The number of alkyl halides is 6. The van der Waals surface area contributed by atoms with E-state index in [9.17, 15) is 45.0 Å². The number of rotatable bonds is 3. The van der Waals surface area contributed by atoms with Gasteiger partial charge in [0.2, 0.25) is 0 Å².